The number of ether oxygens (including phenoxy) is 1. The summed E-state index contributed by atoms with van der Waals surface area (Å²) in [7, 11) is 1.74. The molecule has 16 heavy (non-hydrogen) atoms. The predicted octanol–water partition coefficient (Wildman–Crippen LogP) is 2.30. The van der Waals surface area contributed by atoms with Gasteiger partial charge in [-0.25, -0.2) is 0 Å². The molecule has 0 bridgehead atoms. The molecular formula is C14H19NO. The van der Waals surface area contributed by atoms with Gasteiger partial charge in [0.05, 0.1) is 7.11 Å². The van der Waals surface area contributed by atoms with Gasteiger partial charge in [-0.2, -0.15) is 0 Å². The van der Waals surface area contributed by atoms with Crippen molar-refractivity contribution in [3.8, 4) is 5.75 Å². The second-order valence-corrected chi connectivity index (χ2v) is 5.02. The predicted molar refractivity (Wildman–Crippen MR) is 65.0 cm³/mol. The molecule has 1 fully saturated rings. The van der Waals surface area contributed by atoms with Gasteiger partial charge in [0.25, 0.3) is 0 Å². The number of hydrogen-bond donors (Lipinski definition) is 1. The van der Waals surface area contributed by atoms with Crippen LogP contribution in [0.2, 0.25) is 0 Å². The van der Waals surface area contributed by atoms with Gasteiger partial charge in [0, 0.05) is 12.1 Å². The lowest BCUT2D eigenvalue weighted by molar-refractivity contribution is 0.411. The Hall–Kier alpha value is -1.02. The zero-order valence-electron chi connectivity index (χ0n) is 9.83. The summed E-state index contributed by atoms with van der Waals surface area (Å²) in [5.74, 6) is 0.993. The van der Waals surface area contributed by atoms with Gasteiger partial charge in [-0.3, -0.25) is 0 Å². The maximum atomic E-state index is 5.27. The molecule has 1 aromatic carbocycles. The van der Waals surface area contributed by atoms with E-state index in [9.17, 15) is 0 Å². The topological polar surface area (TPSA) is 21.3 Å². The maximum absolute atomic E-state index is 5.27. The van der Waals surface area contributed by atoms with E-state index in [1.807, 2.05) is 0 Å². The molecule has 0 spiro atoms. The quantitative estimate of drug-likeness (QED) is 0.839. The molecule has 1 N–H and O–H groups in total. The van der Waals surface area contributed by atoms with E-state index >= 15 is 0 Å². The van der Waals surface area contributed by atoms with Crippen molar-refractivity contribution in [3.63, 3.8) is 0 Å². The molecule has 1 atom stereocenters. The van der Waals surface area contributed by atoms with E-state index in [0.717, 1.165) is 11.8 Å². The molecule has 1 aromatic rings. The van der Waals surface area contributed by atoms with E-state index in [0.29, 0.717) is 6.04 Å². The fourth-order valence-corrected chi connectivity index (χ4v) is 2.58. The fraction of sp³-hybridized carbons (Fsp3) is 0.571. The molecule has 0 aliphatic heterocycles. The highest BCUT2D eigenvalue weighted by Crippen LogP contribution is 2.28. The Labute approximate surface area is 97.0 Å². The molecule has 2 heteroatoms. The van der Waals surface area contributed by atoms with Crippen molar-refractivity contribution in [2.45, 2.75) is 44.2 Å². The first-order valence-corrected chi connectivity index (χ1v) is 6.27. The van der Waals surface area contributed by atoms with Crippen LogP contribution in [0.1, 0.15) is 30.4 Å². The van der Waals surface area contributed by atoms with Crippen LogP contribution in [0.4, 0.5) is 0 Å². The molecule has 0 saturated heterocycles. The van der Waals surface area contributed by atoms with Crippen molar-refractivity contribution >= 4 is 0 Å². The van der Waals surface area contributed by atoms with Gasteiger partial charge in [-0.15, -0.1) is 0 Å². The maximum Gasteiger partial charge on any atom is 0.119 e. The summed E-state index contributed by atoms with van der Waals surface area (Å²) < 4.78 is 5.27. The zero-order valence-corrected chi connectivity index (χ0v) is 9.83. The average molecular weight is 217 g/mol. The van der Waals surface area contributed by atoms with Crippen LogP contribution in [0.3, 0.4) is 0 Å². The smallest absolute Gasteiger partial charge is 0.119 e. The molecule has 0 amide bonds. The third-order valence-corrected chi connectivity index (χ3v) is 3.69. The molecule has 0 radical (unpaired) electrons. The van der Waals surface area contributed by atoms with Crippen LogP contribution < -0.4 is 10.1 Å². The second kappa shape index (κ2) is 4.10. The van der Waals surface area contributed by atoms with Gasteiger partial charge in [0.2, 0.25) is 0 Å². The Bertz CT molecular complexity index is 384. The molecule has 0 aromatic heterocycles. The molecule has 2 nitrogen and oxygen atoms in total. The van der Waals surface area contributed by atoms with E-state index in [-0.39, 0.29) is 0 Å². The lowest BCUT2D eigenvalue weighted by atomic mass is 9.88. The summed E-state index contributed by atoms with van der Waals surface area (Å²) in [5.41, 5.74) is 2.98. The Balaban J connectivity index is 1.73. The Morgan fingerprint density at radius 1 is 1.12 bits per heavy atom. The number of methoxy groups -OCH3 is 1. The molecule has 2 aliphatic rings. The molecule has 86 valence electrons. The minimum absolute atomic E-state index is 0.702. The minimum atomic E-state index is 0.702. The summed E-state index contributed by atoms with van der Waals surface area (Å²) in [6, 6.07) is 8.04. The van der Waals surface area contributed by atoms with E-state index in [4.69, 9.17) is 4.74 Å². The van der Waals surface area contributed by atoms with Crippen molar-refractivity contribution in [3.05, 3.63) is 29.3 Å². The number of benzene rings is 1. The lowest BCUT2D eigenvalue weighted by Crippen LogP contribution is -2.35. The highest BCUT2D eigenvalue weighted by atomic mass is 16.5. The molecule has 1 saturated carbocycles. The van der Waals surface area contributed by atoms with Gasteiger partial charge < -0.3 is 10.1 Å². The first-order valence-electron chi connectivity index (χ1n) is 6.27. The van der Waals surface area contributed by atoms with E-state index in [2.05, 4.69) is 23.5 Å². The Morgan fingerprint density at radius 2 is 2.00 bits per heavy atom. The van der Waals surface area contributed by atoms with Crippen LogP contribution in [-0.2, 0) is 12.8 Å². The molecular weight excluding hydrogens is 198 g/mol. The van der Waals surface area contributed by atoms with Gasteiger partial charge in [0.1, 0.15) is 5.75 Å². The van der Waals surface area contributed by atoms with Crippen molar-refractivity contribution in [2.24, 2.45) is 0 Å². The van der Waals surface area contributed by atoms with Gasteiger partial charge in [-0.05, 0) is 55.4 Å². The van der Waals surface area contributed by atoms with Crippen LogP contribution in [-0.4, -0.2) is 19.2 Å². The first kappa shape index (κ1) is 10.2. The van der Waals surface area contributed by atoms with Crippen LogP contribution in [0.5, 0.6) is 5.75 Å². The van der Waals surface area contributed by atoms with E-state index in [1.165, 1.54) is 43.2 Å². The summed E-state index contributed by atoms with van der Waals surface area (Å²) >= 11 is 0. The van der Waals surface area contributed by atoms with Crippen molar-refractivity contribution in [1.29, 1.82) is 0 Å². The number of nitrogens with one attached hydrogen (secondary N) is 1. The van der Waals surface area contributed by atoms with E-state index in [1.54, 1.807) is 7.11 Å². The lowest BCUT2D eigenvalue weighted by Gasteiger charge is -2.26. The number of fused-ring (bicyclic) bond motifs is 1. The average Bonchev–Trinajstić information content (AvgIpc) is 3.12. The standard InChI is InChI=1S/C14H19NO/c1-16-14-7-3-10-8-13(15-12-5-6-12)4-2-11(10)9-14/h3,7,9,12-13,15H,2,4-6,8H2,1H3. The largest absolute Gasteiger partial charge is 0.497 e. The third kappa shape index (κ3) is 2.07. The molecule has 2 aliphatic carbocycles. The summed E-state index contributed by atoms with van der Waals surface area (Å²) in [6.07, 6.45) is 6.42. The van der Waals surface area contributed by atoms with Crippen LogP contribution in [0.25, 0.3) is 0 Å². The third-order valence-electron chi connectivity index (χ3n) is 3.69. The van der Waals surface area contributed by atoms with Gasteiger partial charge in [0.15, 0.2) is 0 Å². The highest BCUT2D eigenvalue weighted by Gasteiger charge is 2.26. The van der Waals surface area contributed by atoms with Gasteiger partial charge >= 0.3 is 0 Å². The van der Waals surface area contributed by atoms with Gasteiger partial charge in [-0.1, -0.05) is 6.07 Å². The van der Waals surface area contributed by atoms with Crippen LogP contribution in [0, 0.1) is 0 Å². The normalized spacial score (nSPS) is 23.9. The number of aryl methyl sites for hydroxylation is 1. The Morgan fingerprint density at radius 3 is 2.75 bits per heavy atom. The van der Waals surface area contributed by atoms with Crippen LogP contribution >= 0.6 is 0 Å². The molecule has 3 rings (SSSR count). The summed E-state index contributed by atoms with van der Waals surface area (Å²) in [5, 5.41) is 3.73. The molecule has 1 unspecified atom stereocenters. The van der Waals surface area contributed by atoms with Crippen LogP contribution in [0.15, 0.2) is 18.2 Å². The monoisotopic (exact) mass is 217 g/mol. The van der Waals surface area contributed by atoms with Crippen molar-refractivity contribution < 1.29 is 4.74 Å². The fourth-order valence-electron chi connectivity index (χ4n) is 2.58. The van der Waals surface area contributed by atoms with Crippen molar-refractivity contribution in [2.75, 3.05) is 7.11 Å². The number of hydrogen-bond acceptors (Lipinski definition) is 2. The second-order valence-electron chi connectivity index (χ2n) is 5.02. The zero-order chi connectivity index (χ0) is 11.0. The SMILES string of the molecule is COc1ccc2c(c1)CCC(NC1CC1)C2. The number of rotatable bonds is 3. The summed E-state index contributed by atoms with van der Waals surface area (Å²) in [4.78, 5) is 0. The molecule has 0 heterocycles. The first-order chi connectivity index (χ1) is 7.85. The van der Waals surface area contributed by atoms with E-state index < -0.39 is 0 Å². The van der Waals surface area contributed by atoms with Crippen molar-refractivity contribution in [1.82, 2.24) is 5.32 Å². The summed E-state index contributed by atoms with van der Waals surface area (Å²) in [6.45, 7) is 0. The Kier molecular flexibility index (Phi) is 2.60. The highest BCUT2D eigenvalue weighted by molar-refractivity contribution is 5.37. The minimum Gasteiger partial charge on any atom is -0.497 e.